The number of H-pyrrole nitrogens is 1. The summed E-state index contributed by atoms with van der Waals surface area (Å²) in [6.45, 7) is 7.13. The number of piperidine rings is 1. The topological polar surface area (TPSA) is 78.1 Å². The molecule has 1 N–H and O–H groups in total. The van der Waals surface area contributed by atoms with Gasteiger partial charge >= 0.3 is 0 Å². The first-order valence-electron chi connectivity index (χ1n) is 13.2. The smallest absolute Gasteiger partial charge is 0.243 e. The van der Waals surface area contributed by atoms with Gasteiger partial charge in [-0.3, -0.25) is 0 Å². The van der Waals surface area contributed by atoms with Crippen LogP contribution in [0.5, 0.6) is 11.5 Å². The van der Waals surface area contributed by atoms with E-state index in [9.17, 15) is 8.42 Å². The Kier molecular flexibility index (Phi) is 8.04. The van der Waals surface area contributed by atoms with Crippen molar-refractivity contribution in [1.29, 1.82) is 0 Å². The van der Waals surface area contributed by atoms with Gasteiger partial charge in [0.2, 0.25) is 10.0 Å². The molecule has 0 spiro atoms. The summed E-state index contributed by atoms with van der Waals surface area (Å²) >= 11 is 0. The van der Waals surface area contributed by atoms with Gasteiger partial charge in [-0.25, -0.2) is 8.42 Å². The molecule has 200 valence electrons. The highest BCUT2D eigenvalue weighted by atomic mass is 32.2. The number of nitrogens with one attached hydrogen (secondary N) is 1. The Hall–Kier alpha value is -2.59. The van der Waals surface area contributed by atoms with E-state index in [1.807, 2.05) is 12.1 Å². The molecule has 37 heavy (non-hydrogen) atoms. The lowest BCUT2D eigenvalue weighted by molar-refractivity contribution is 0.145. The fourth-order valence-electron chi connectivity index (χ4n) is 5.40. The SMILES string of the molecule is COc1ccc2[nH]cc(C3CCN(S(=O)(=O)c4ccc(OCCCN5CCN(C)CC5)cc4)CC3)c2c1. The summed E-state index contributed by atoms with van der Waals surface area (Å²) in [6.07, 6.45) is 4.60. The zero-order valence-electron chi connectivity index (χ0n) is 21.9. The fourth-order valence-corrected chi connectivity index (χ4v) is 6.87. The molecule has 0 aliphatic carbocycles. The van der Waals surface area contributed by atoms with E-state index in [0.29, 0.717) is 36.3 Å². The Morgan fingerprint density at radius 1 is 0.946 bits per heavy atom. The molecule has 2 aromatic carbocycles. The summed E-state index contributed by atoms with van der Waals surface area (Å²) in [7, 11) is 0.305. The number of hydrogen-bond donors (Lipinski definition) is 1. The largest absolute Gasteiger partial charge is 0.497 e. The Balaban J connectivity index is 1.13. The maximum atomic E-state index is 13.3. The quantitative estimate of drug-likeness (QED) is 0.428. The molecule has 0 unspecified atom stereocenters. The van der Waals surface area contributed by atoms with Crippen molar-refractivity contribution in [3.05, 3.63) is 54.2 Å². The van der Waals surface area contributed by atoms with Crippen LogP contribution in [-0.2, 0) is 10.0 Å². The van der Waals surface area contributed by atoms with Gasteiger partial charge in [-0.2, -0.15) is 4.31 Å². The molecule has 5 rings (SSSR count). The van der Waals surface area contributed by atoms with Crippen LogP contribution >= 0.6 is 0 Å². The van der Waals surface area contributed by atoms with Gasteiger partial charge in [0.05, 0.1) is 18.6 Å². The number of nitrogens with zero attached hydrogens (tertiary/aromatic N) is 3. The summed E-state index contributed by atoms with van der Waals surface area (Å²) in [6, 6.07) is 12.9. The number of rotatable bonds is 9. The van der Waals surface area contributed by atoms with E-state index < -0.39 is 10.0 Å². The molecule has 9 heteroatoms. The molecular weight excluding hydrogens is 488 g/mol. The third kappa shape index (κ3) is 5.95. The lowest BCUT2D eigenvalue weighted by atomic mass is 9.90. The molecule has 2 fully saturated rings. The normalized spacial score (nSPS) is 18.9. The van der Waals surface area contributed by atoms with Crippen molar-refractivity contribution in [2.45, 2.75) is 30.1 Å². The number of benzene rings is 2. The first kappa shape index (κ1) is 26.0. The van der Waals surface area contributed by atoms with Gasteiger partial charge in [-0.05, 0) is 80.3 Å². The predicted octanol–water partition coefficient (Wildman–Crippen LogP) is 3.76. The minimum absolute atomic E-state index is 0.314. The lowest BCUT2D eigenvalue weighted by Gasteiger charge is -2.32. The number of aromatic nitrogens is 1. The monoisotopic (exact) mass is 526 g/mol. The van der Waals surface area contributed by atoms with Crippen molar-refractivity contribution in [3.8, 4) is 11.5 Å². The van der Waals surface area contributed by atoms with Crippen LogP contribution in [0.2, 0.25) is 0 Å². The first-order valence-corrected chi connectivity index (χ1v) is 14.7. The predicted molar refractivity (Wildman–Crippen MR) is 146 cm³/mol. The van der Waals surface area contributed by atoms with Crippen molar-refractivity contribution in [2.75, 3.05) is 66.6 Å². The molecule has 2 aliphatic rings. The van der Waals surface area contributed by atoms with Crippen molar-refractivity contribution in [1.82, 2.24) is 19.1 Å². The van der Waals surface area contributed by atoms with Crippen LogP contribution in [0.15, 0.2) is 53.6 Å². The third-order valence-electron chi connectivity index (χ3n) is 7.76. The number of methoxy groups -OCH3 is 1. The van der Waals surface area contributed by atoms with Crippen LogP contribution < -0.4 is 9.47 Å². The molecule has 2 saturated heterocycles. The number of ether oxygens (including phenoxy) is 2. The van der Waals surface area contributed by atoms with E-state index in [2.05, 4.69) is 34.1 Å². The summed E-state index contributed by atoms with van der Waals surface area (Å²) in [4.78, 5) is 8.49. The van der Waals surface area contributed by atoms with Gasteiger partial charge in [0.1, 0.15) is 11.5 Å². The second-order valence-corrected chi connectivity index (χ2v) is 12.1. The first-order chi connectivity index (χ1) is 17.9. The van der Waals surface area contributed by atoms with E-state index in [-0.39, 0.29) is 0 Å². The van der Waals surface area contributed by atoms with E-state index in [4.69, 9.17) is 9.47 Å². The van der Waals surface area contributed by atoms with Crippen molar-refractivity contribution in [3.63, 3.8) is 0 Å². The molecule has 8 nitrogen and oxygen atoms in total. The summed E-state index contributed by atoms with van der Waals surface area (Å²) in [5.74, 6) is 1.86. The highest BCUT2D eigenvalue weighted by molar-refractivity contribution is 7.89. The second kappa shape index (κ2) is 11.4. The number of fused-ring (bicyclic) bond motifs is 1. The van der Waals surface area contributed by atoms with E-state index >= 15 is 0 Å². The summed E-state index contributed by atoms with van der Waals surface area (Å²) in [5, 5.41) is 1.15. The van der Waals surface area contributed by atoms with Crippen molar-refractivity contribution in [2.24, 2.45) is 0 Å². The van der Waals surface area contributed by atoms with Gasteiger partial charge in [-0.15, -0.1) is 0 Å². The second-order valence-electron chi connectivity index (χ2n) is 10.2. The molecule has 1 aromatic heterocycles. The Morgan fingerprint density at radius 2 is 1.65 bits per heavy atom. The molecule has 0 amide bonds. The molecule has 2 aliphatic heterocycles. The van der Waals surface area contributed by atoms with Crippen LogP contribution in [0.25, 0.3) is 10.9 Å². The number of hydrogen-bond acceptors (Lipinski definition) is 6. The zero-order chi connectivity index (χ0) is 25.8. The highest BCUT2D eigenvalue weighted by Crippen LogP contribution is 2.36. The Labute approximate surface area is 220 Å². The van der Waals surface area contributed by atoms with Gasteiger partial charge in [0.25, 0.3) is 0 Å². The lowest BCUT2D eigenvalue weighted by Crippen LogP contribution is -2.44. The number of piperazine rings is 1. The van der Waals surface area contributed by atoms with Gasteiger partial charge in [0.15, 0.2) is 0 Å². The number of aromatic amines is 1. The molecule has 0 atom stereocenters. The molecule has 3 aromatic rings. The Morgan fingerprint density at radius 3 is 2.35 bits per heavy atom. The van der Waals surface area contributed by atoms with Crippen LogP contribution in [0.4, 0.5) is 0 Å². The van der Waals surface area contributed by atoms with Gasteiger partial charge in [0, 0.05) is 62.9 Å². The van der Waals surface area contributed by atoms with Crippen LogP contribution in [-0.4, -0.2) is 94.1 Å². The van der Waals surface area contributed by atoms with Crippen LogP contribution in [0.1, 0.15) is 30.7 Å². The minimum Gasteiger partial charge on any atom is -0.497 e. The zero-order valence-corrected chi connectivity index (χ0v) is 22.7. The molecule has 0 bridgehead atoms. The number of likely N-dealkylation sites (N-methyl/N-ethyl adjacent to an activating group) is 1. The Bertz CT molecular complexity index is 1280. The fraction of sp³-hybridized carbons (Fsp3) is 0.500. The maximum absolute atomic E-state index is 13.3. The van der Waals surface area contributed by atoms with Crippen LogP contribution in [0, 0.1) is 0 Å². The average molecular weight is 527 g/mol. The van der Waals surface area contributed by atoms with Gasteiger partial charge in [-0.1, -0.05) is 0 Å². The maximum Gasteiger partial charge on any atom is 0.243 e. The summed E-state index contributed by atoms with van der Waals surface area (Å²) < 4.78 is 39.5. The molecule has 0 radical (unpaired) electrons. The van der Waals surface area contributed by atoms with E-state index in [1.54, 1.807) is 35.7 Å². The molecule has 0 saturated carbocycles. The summed E-state index contributed by atoms with van der Waals surface area (Å²) in [5.41, 5.74) is 2.31. The van der Waals surface area contributed by atoms with Crippen LogP contribution in [0.3, 0.4) is 0 Å². The third-order valence-corrected chi connectivity index (χ3v) is 9.67. The molecular formula is C28H38N4O4S. The van der Waals surface area contributed by atoms with Crippen molar-refractivity contribution < 1.29 is 17.9 Å². The molecule has 3 heterocycles. The number of sulfonamides is 1. The van der Waals surface area contributed by atoms with E-state index in [0.717, 1.165) is 68.6 Å². The van der Waals surface area contributed by atoms with Gasteiger partial charge < -0.3 is 24.3 Å². The minimum atomic E-state index is -3.53. The average Bonchev–Trinajstić information content (AvgIpc) is 3.35. The van der Waals surface area contributed by atoms with E-state index in [1.165, 1.54) is 5.56 Å². The highest BCUT2D eigenvalue weighted by Gasteiger charge is 2.31. The van der Waals surface area contributed by atoms with Crippen molar-refractivity contribution >= 4 is 20.9 Å². The standard InChI is InChI=1S/C28H38N4O4S/c1-30-15-17-31(18-16-30)12-3-19-36-23-4-7-25(8-5-23)37(33,34)32-13-10-22(11-14-32)27-21-29-28-9-6-24(35-2)20-26(27)28/h4-9,20-22,29H,3,10-19H2,1-2H3.